The number of aliphatic hydroxyl groups is 2. The largest absolute Gasteiger partial charge is 0.472 e. The third-order valence-corrected chi connectivity index (χ3v) is 8.25. The van der Waals surface area contributed by atoms with Crippen molar-refractivity contribution in [3.63, 3.8) is 0 Å². The first kappa shape index (κ1) is 42.7. The third kappa shape index (κ3) is 28.2. The topological polar surface area (TPSA) is 151 Å². The van der Waals surface area contributed by atoms with Gasteiger partial charge in [0.15, 0.2) is 0 Å². The molecule has 0 radical (unpaired) electrons. The van der Waals surface area contributed by atoms with Crippen LogP contribution in [0.1, 0.15) is 136 Å². The molecule has 0 saturated carbocycles. The maximum absolute atomic E-state index is 12.7. The summed E-state index contributed by atoms with van der Waals surface area (Å²) in [5, 5.41) is 23.7. The first-order chi connectivity index (χ1) is 21.3. The van der Waals surface area contributed by atoms with E-state index in [1.807, 2.05) is 6.08 Å². The van der Waals surface area contributed by atoms with E-state index in [-0.39, 0.29) is 19.6 Å². The molecule has 258 valence electrons. The molecule has 0 rings (SSSR count). The second-order valence-electron chi connectivity index (χ2n) is 11.6. The molecule has 9 nitrogen and oxygen atoms in total. The molecule has 0 spiro atoms. The number of phosphoric acid groups is 1. The van der Waals surface area contributed by atoms with Gasteiger partial charge >= 0.3 is 7.82 Å². The molecule has 4 atom stereocenters. The molecule has 0 aromatic carbocycles. The minimum absolute atomic E-state index is 0.0459. The maximum atomic E-state index is 12.7. The molecule has 0 aliphatic heterocycles. The molecule has 6 N–H and O–H groups in total. The molecule has 1 amide bonds. The fraction of sp³-hybridized carbons (Fsp3) is 0.794. The number of aliphatic hydroxyl groups excluding tert-OH is 2. The van der Waals surface area contributed by atoms with Crippen LogP contribution in [0, 0.1) is 0 Å². The van der Waals surface area contributed by atoms with E-state index in [4.69, 9.17) is 14.8 Å². The highest BCUT2D eigenvalue weighted by molar-refractivity contribution is 7.47. The van der Waals surface area contributed by atoms with Gasteiger partial charge in [0.25, 0.3) is 0 Å². The number of rotatable bonds is 31. The van der Waals surface area contributed by atoms with Crippen LogP contribution in [0.3, 0.4) is 0 Å². The molecule has 0 fully saturated rings. The molecule has 0 heterocycles. The zero-order valence-corrected chi connectivity index (χ0v) is 28.6. The normalized spacial score (nSPS) is 15.7. The first-order valence-electron chi connectivity index (χ1n) is 17.2. The average molecular weight is 645 g/mol. The van der Waals surface area contributed by atoms with Gasteiger partial charge in [-0.3, -0.25) is 13.8 Å². The monoisotopic (exact) mass is 644 g/mol. The third-order valence-electron chi connectivity index (χ3n) is 7.26. The second-order valence-corrected chi connectivity index (χ2v) is 13.0. The van der Waals surface area contributed by atoms with Gasteiger partial charge in [0.1, 0.15) is 0 Å². The standard InChI is InChI=1S/C34H65N2O7P/c1-3-5-7-9-11-12-13-14-15-16-17-18-20-21-23-25-31(37)29-34(39)36-32(30-43-44(40,41)42-28-27-35)33(38)26-24-22-19-10-8-6-4-2/h11-12,14-15,24,26,31-33,37-38H,3-10,13,16-23,25,27-30,35H2,1-2H3,(H,36,39)(H,40,41)/b12-11-,15-14-,26-24+. The molecule has 10 heteroatoms. The minimum atomic E-state index is -4.38. The summed E-state index contributed by atoms with van der Waals surface area (Å²) < 4.78 is 21.8. The smallest absolute Gasteiger partial charge is 0.393 e. The lowest BCUT2D eigenvalue weighted by atomic mass is 10.0. The Bertz CT molecular complexity index is 806. The number of carbonyl (C=O) groups is 1. The number of carbonyl (C=O) groups excluding carboxylic acids is 1. The van der Waals surface area contributed by atoms with Gasteiger partial charge in [-0.15, -0.1) is 0 Å². The van der Waals surface area contributed by atoms with Crippen LogP contribution >= 0.6 is 7.82 Å². The van der Waals surface area contributed by atoms with E-state index in [2.05, 4.69) is 43.5 Å². The van der Waals surface area contributed by atoms with Crippen LogP contribution < -0.4 is 11.1 Å². The van der Waals surface area contributed by atoms with Crippen molar-refractivity contribution in [2.75, 3.05) is 19.8 Å². The zero-order chi connectivity index (χ0) is 32.7. The number of phosphoric ester groups is 1. The van der Waals surface area contributed by atoms with Crippen molar-refractivity contribution in [1.82, 2.24) is 5.32 Å². The summed E-state index contributed by atoms with van der Waals surface area (Å²) in [6.07, 6.45) is 29.6. The molecule has 44 heavy (non-hydrogen) atoms. The van der Waals surface area contributed by atoms with Crippen LogP contribution in [0.25, 0.3) is 0 Å². The summed E-state index contributed by atoms with van der Waals surface area (Å²) in [6, 6.07) is -0.983. The highest BCUT2D eigenvalue weighted by Gasteiger charge is 2.27. The molecule has 0 aromatic rings. The fourth-order valence-corrected chi connectivity index (χ4v) is 5.37. The highest BCUT2D eigenvalue weighted by Crippen LogP contribution is 2.43. The Hall–Kier alpha value is -1.32. The number of hydrogen-bond acceptors (Lipinski definition) is 7. The van der Waals surface area contributed by atoms with Crippen molar-refractivity contribution in [1.29, 1.82) is 0 Å². The molecule has 0 saturated heterocycles. The average Bonchev–Trinajstić information content (AvgIpc) is 2.99. The van der Waals surface area contributed by atoms with Crippen LogP contribution in [-0.2, 0) is 18.4 Å². The second kappa shape index (κ2) is 30.3. The van der Waals surface area contributed by atoms with E-state index in [0.717, 1.165) is 64.2 Å². The van der Waals surface area contributed by atoms with Gasteiger partial charge in [-0.25, -0.2) is 4.57 Å². The van der Waals surface area contributed by atoms with Crippen molar-refractivity contribution in [3.8, 4) is 0 Å². The minimum Gasteiger partial charge on any atom is -0.393 e. The Morgan fingerprint density at radius 2 is 1.34 bits per heavy atom. The molecule has 0 aliphatic rings. The molecule has 4 unspecified atom stereocenters. The number of hydrogen-bond donors (Lipinski definition) is 5. The van der Waals surface area contributed by atoms with Crippen LogP contribution in [0.4, 0.5) is 0 Å². The Labute approximate surface area is 268 Å². The molecule has 0 bridgehead atoms. The summed E-state index contributed by atoms with van der Waals surface area (Å²) in [5.74, 6) is -0.462. The Kier molecular flexibility index (Phi) is 29.4. The lowest BCUT2D eigenvalue weighted by Crippen LogP contribution is -2.46. The number of allylic oxidation sites excluding steroid dienone is 5. The van der Waals surface area contributed by atoms with E-state index in [1.165, 1.54) is 44.9 Å². The summed E-state index contributed by atoms with van der Waals surface area (Å²) in [6.45, 7) is 3.83. The van der Waals surface area contributed by atoms with Crippen molar-refractivity contribution >= 4 is 13.7 Å². The number of unbranched alkanes of at least 4 members (excludes halogenated alkanes) is 13. The van der Waals surface area contributed by atoms with Gasteiger partial charge in [0, 0.05) is 6.54 Å². The van der Waals surface area contributed by atoms with Crippen molar-refractivity contribution in [2.24, 2.45) is 5.73 Å². The van der Waals surface area contributed by atoms with Crippen LogP contribution in [-0.4, -0.2) is 59.0 Å². The molecule has 0 aliphatic carbocycles. The number of nitrogens with two attached hydrogens (primary N) is 1. The van der Waals surface area contributed by atoms with E-state index in [9.17, 15) is 24.5 Å². The van der Waals surface area contributed by atoms with Gasteiger partial charge < -0.3 is 26.2 Å². The highest BCUT2D eigenvalue weighted by atomic mass is 31.2. The summed E-state index contributed by atoms with van der Waals surface area (Å²) >= 11 is 0. The number of nitrogens with one attached hydrogen (secondary N) is 1. The van der Waals surface area contributed by atoms with E-state index in [0.29, 0.717) is 6.42 Å². The van der Waals surface area contributed by atoms with Crippen molar-refractivity contribution in [2.45, 2.75) is 154 Å². The molecule has 0 aromatic heterocycles. The van der Waals surface area contributed by atoms with Crippen molar-refractivity contribution in [3.05, 3.63) is 36.5 Å². The summed E-state index contributed by atoms with van der Waals surface area (Å²) in [4.78, 5) is 22.5. The predicted octanol–water partition coefficient (Wildman–Crippen LogP) is 7.41. The predicted molar refractivity (Wildman–Crippen MR) is 181 cm³/mol. The zero-order valence-electron chi connectivity index (χ0n) is 27.8. The SMILES string of the molecule is CCCCC/C=C\C/C=C\CCCCCCCC(O)CC(=O)NC(COP(=O)(O)OCCN)C(O)/C=C/CCCCCCC. The summed E-state index contributed by atoms with van der Waals surface area (Å²) in [5.41, 5.74) is 5.31. The van der Waals surface area contributed by atoms with E-state index >= 15 is 0 Å². The van der Waals surface area contributed by atoms with Gasteiger partial charge in [0.2, 0.25) is 5.91 Å². The first-order valence-corrected chi connectivity index (χ1v) is 18.7. The molecular formula is C34H65N2O7P. The lowest BCUT2D eigenvalue weighted by Gasteiger charge is -2.24. The van der Waals surface area contributed by atoms with Gasteiger partial charge in [0.05, 0.1) is 37.9 Å². The van der Waals surface area contributed by atoms with Crippen molar-refractivity contribution < 1.29 is 33.5 Å². The van der Waals surface area contributed by atoms with Crippen LogP contribution in [0.15, 0.2) is 36.5 Å². The maximum Gasteiger partial charge on any atom is 0.472 e. The van der Waals surface area contributed by atoms with Crippen LogP contribution in [0.2, 0.25) is 0 Å². The molecular weight excluding hydrogens is 579 g/mol. The Balaban J connectivity index is 4.40. The van der Waals surface area contributed by atoms with E-state index < -0.39 is 38.6 Å². The lowest BCUT2D eigenvalue weighted by molar-refractivity contribution is -0.124. The van der Waals surface area contributed by atoms with Gasteiger partial charge in [-0.1, -0.05) is 115 Å². The van der Waals surface area contributed by atoms with Crippen LogP contribution in [0.5, 0.6) is 0 Å². The summed E-state index contributed by atoms with van der Waals surface area (Å²) in [7, 11) is -4.38. The van der Waals surface area contributed by atoms with Gasteiger partial charge in [-0.2, -0.15) is 0 Å². The Morgan fingerprint density at radius 3 is 1.98 bits per heavy atom. The number of amides is 1. The Morgan fingerprint density at radius 1 is 0.795 bits per heavy atom. The van der Waals surface area contributed by atoms with Gasteiger partial charge in [-0.05, 0) is 51.4 Å². The fourth-order valence-electron chi connectivity index (χ4n) is 4.61. The quantitative estimate of drug-likeness (QED) is 0.0297. The van der Waals surface area contributed by atoms with E-state index in [1.54, 1.807) is 6.08 Å².